The lowest BCUT2D eigenvalue weighted by Crippen LogP contribution is -2.41. The van der Waals surface area contributed by atoms with Crippen LogP contribution in [-0.2, 0) is 25.5 Å². The Balaban J connectivity index is 3.00. The van der Waals surface area contributed by atoms with Crippen LogP contribution in [0.25, 0.3) is 0 Å². The van der Waals surface area contributed by atoms with Gasteiger partial charge in [-0.3, -0.25) is 9.59 Å². The lowest BCUT2D eigenvalue weighted by atomic mass is 9.83. The quantitative estimate of drug-likeness (QED) is 0.638. The Morgan fingerprint density at radius 1 is 1.05 bits per heavy atom. The van der Waals surface area contributed by atoms with E-state index in [9.17, 15) is 14.7 Å². The highest BCUT2D eigenvalue weighted by Crippen LogP contribution is 2.27. The number of rotatable bonds is 6. The van der Waals surface area contributed by atoms with Gasteiger partial charge in [0.25, 0.3) is 0 Å². The predicted molar refractivity (Wildman–Crippen MR) is 73.2 cm³/mol. The van der Waals surface area contributed by atoms with Gasteiger partial charge in [-0.2, -0.15) is 0 Å². The highest BCUT2D eigenvalue weighted by atomic mass is 16.6. The summed E-state index contributed by atoms with van der Waals surface area (Å²) in [5.41, 5.74) is -0.644. The molecule has 20 heavy (non-hydrogen) atoms. The minimum Gasteiger partial charge on any atom is -0.508 e. The van der Waals surface area contributed by atoms with Gasteiger partial charge in [0.2, 0.25) is 0 Å². The zero-order valence-corrected chi connectivity index (χ0v) is 12.0. The van der Waals surface area contributed by atoms with Gasteiger partial charge >= 0.3 is 11.9 Å². The highest BCUT2D eigenvalue weighted by molar-refractivity contribution is 5.99. The molecule has 0 heterocycles. The molecule has 0 aromatic heterocycles. The Kier molecular flexibility index (Phi) is 5.55. The van der Waals surface area contributed by atoms with Crippen LogP contribution in [0.3, 0.4) is 0 Å². The molecule has 0 fully saturated rings. The van der Waals surface area contributed by atoms with Crippen LogP contribution in [0.4, 0.5) is 0 Å². The molecular weight excluding hydrogens is 260 g/mol. The Labute approximate surface area is 118 Å². The average molecular weight is 280 g/mol. The van der Waals surface area contributed by atoms with Crippen LogP contribution in [0.5, 0.6) is 5.75 Å². The molecule has 0 amide bonds. The molecule has 110 valence electrons. The summed E-state index contributed by atoms with van der Waals surface area (Å²) in [4.78, 5) is 24.2. The van der Waals surface area contributed by atoms with Crippen molar-refractivity contribution in [1.82, 2.24) is 0 Å². The SMILES string of the molecule is CCOC(=O)C(C)(Cc1ccc(O)cc1)C(=O)OCC. The van der Waals surface area contributed by atoms with Crippen molar-refractivity contribution in [3.05, 3.63) is 29.8 Å². The standard InChI is InChI=1S/C15H20O5/c1-4-19-13(17)15(3,14(18)20-5-2)10-11-6-8-12(16)9-7-11/h6-9,16H,4-5,10H2,1-3H3. The molecule has 1 aromatic carbocycles. The number of hydrogen-bond donors (Lipinski definition) is 1. The Hall–Kier alpha value is -2.04. The molecule has 0 saturated carbocycles. The van der Waals surface area contributed by atoms with Crippen molar-refractivity contribution in [3.8, 4) is 5.75 Å². The van der Waals surface area contributed by atoms with Crippen molar-refractivity contribution in [2.45, 2.75) is 27.2 Å². The number of benzene rings is 1. The monoisotopic (exact) mass is 280 g/mol. The summed E-state index contributed by atoms with van der Waals surface area (Å²) in [7, 11) is 0. The van der Waals surface area contributed by atoms with Crippen LogP contribution in [0.15, 0.2) is 24.3 Å². The summed E-state index contributed by atoms with van der Waals surface area (Å²) in [6.07, 6.45) is 0.158. The van der Waals surface area contributed by atoms with Crippen LogP contribution >= 0.6 is 0 Å². The summed E-state index contributed by atoms with van der Waals surface area (Å²) in [6.45, 7) is 5.27. The van der Waals surface area contributed by atoms with Gasteiger partial charge in [-0.15, -0.1) is 0 Å². The first-order valence-corrected chi connectivity index (χ1v) is 6.56. The molecular formula is C15H20O5. The highest BCUT2D eigenvalue weighted by Gasteiger charge is 2.44. The number of carbonyl (C=O) groups excluding carboxylic acids is 2. The Morgan fingerprint density at radius 3 is 1.90 bits per heavy atom. The fraction of sp³-hybridized carbons (Fsp3) is 0.467. The second-order valence-corrected chi connectivity index (χ2v) is 4.62. The maximum Gasteiger partial charge on any atom is 0.323 e. The number of ether oxygens (including phenoxy) is 2. The van der Waals surface area contributed by atoms with Crippen LogP contribution in [0, 0.1) is 5.41 Å². The molecule has 0 bridgehead atoms. The van der Waals surface area contributed by atoms with Gasteiger partial charge in [0.15, 0.2) is 5.41 Å². The number of phenols is 1. The van der Waals surface area contributed by atoms with Crippen LogP contribution in [-0.4, -0.2) is 30.3 Å². The summed E-state index contributed by atoms with van der Waals surface area (Å²) in [5, 5.41) is 9.26. The molecule has 1 rings (SSSR count). The third kappa shape index (κ3) is 3.73. The lowest BCUT2D eigenvalue weighted by Gasteiger charge is -2.25. The maximum absolute atomic E-state index is 12.1. The van der Waals surface area contributed by atoms with E-state index < -0.39 is 17.4 Å². The molecule has 5 heteroatoms. The predicted octanol–water partition coefficient (Wildman–Crippen LogP) is 2.07. The van der Waals surface area contributed by atoms with E-state index in [0.717, 1.165) is 5.56 Å². The molecule has 0 radical (unpaired) electrons. The van der Waals surface area contributed by atoms with Crippen LogP contribution in [0.1, 0.15) is 26.3 Å². The number of aromatic hydroxyl groups is 1. The van der Waals surface area contributed by atoms with E-state index in [2.05, 4.69) is 0 Å². The van der Waals surface area contributed by atoms with E-state index in [4.69, 9.17) is 9.47 Å². The van der Waals surface area contributed by atoms with Crippen molar-refractivity contribution in [2.75, 3.05) is 13.2 Å². The van der Waals surface area contributed by atoms with Crippen molar-refractivity contribution >= 4 is 11.9 Å². The maximum atomic E-state index is 12.1. The van der Waals surface area contributed by atoms with Crippen molar-refractivity contribution in [1.29, 1.82) is 0 Å². The zero-order chi connectivity index (χ0) is 15.2. The fourth-order valence-electron chi connectivity index (χ4n) is 1.83. The molecule has 0 aliphatic carbocycles. The Morgan fingerprint density at radius 2 is 1.50 bits per heavy atom. The Bertz CT molecular complexity index is 446. The first kappa shape index (κ1) is 16.0. The molecule has 0 atom stereocenters. The van der Waals surface area contributed by atoms with Gasteiger partial charge in [-0.25, -0.2) is 0 Å². The summed E-state index contributed by atoms with van der Waals surface area (Å²) < 4.78 is 9.96. The minimum absolute atomic E-state index is 0.128. The third-order valence-corrected chi connectivity index (χ3v) is 2.95. The molecule has 0 aliphatic heterocycles. The van der Waals surface area contributed by atoms with Crippen molar-refractivity contribution in [2.24, 2.45) is 5.41 Å². The topological polar surface area (TPSA) is 72.8 Å². The first-order chi connectivity index (χ1) is 9.43. The van der Waals surface area contributed by atoms with Gasteiger partial charge in [0.05, 0.1) is 13.2 Å². The molecule has 0 aliphatic rings. The molecule has 0 saturated heterocycles. The van der Waals surface area contributed by atoms with Gasteiger partial charge in [-0.05, 0) is 44.9 Å². The van der Waals surface area contributed by atoms with Crippen molar-refractivity contribution < 1.29 is 24.2 Å². The van der Waals surface area contributed by atoms with Gasteiger partial charge in [0.1, 0.15) is 5.75 Å². The van der Waals surface area contributed by atoms with Crippen LogP contribution < -0.4 is 0 Å². The normalized spacial score (nSPS) is 10.9. The molecule has 0 spiro atoms. The van der Waals surface area contributed by atoms with Gasteiger partial charge < -0.3 is 14.6 Å². The van der Waals surface area contributed by atoms with E-state index >= 15 is 0 Å². The lowest BCUT2D eigenvalue weighted by molar-refractivity contribution is -0.170. The van der Waals surface area contributed by atoms with Crippen LogP contribution in [0.2, 0.25) is 0 Å². The summed E-state index contributed by atoms with van der Waals surface area (Å²) in [6, 6.07) is 6.33. The number of hydrogen-bond acceptors (Lipinski definition) is 5. The van der Waals surface area contributed by atoms with Gasteiger partial charge in [0, 0.05) is 0 Å². The summed E-state index contributed by atoms with van der Waals surface area (Å²) >= 11 is 0. The van der Waals surface area contributed by atoms with E-state index in [0.29, 0.717) is 0 Å². The number of carbonyl (C=O) groups is 2. The smallest absolute Gasteiger partial charge is 0.323 e. The van der Waals surface area contributed by atoms with E-state index in [1.807, 2.05) is 0 Å². The fourth-order valence-corrected chi connectivity index (χ4v) is 1.83. The molecule has 5 nitrogen and oxygen atoms in total. The molecule has 1 N–H and O–H groups in total. The third-order valence-electron chi connectivity index (χ3n) is 2.95. The summed E-state index contributed by atoms with van der Waals surface area (Å²) in [5.74, 6) is -1.08. The van der Waals surface area contributed by atoms with E-state index in [1.54, 1.807) is 26.0 Å². The second-order valence-electron chi connectivity index (χ2n) is 4.62. The van der Waals surface area contributed by atoms with Crippen molar-refractivity contribution in [3.63, 3.8) is 0 Å². The molecule has 0 unspecified atom stereocenters. The number of phenolic OH excluding ortho intramolecular Hbond substituents is 1. The largest absolute Gasteiger partial charge is 0.508 e. The average Bonchev–Trinajstić information content (AvgIpc) is 2.41. The second kappa shape index (κ2) is 6.93. The van der Waals surface area contributed by atoms with Gasteiger partial charge in [-0.1, -0.05) is 12.1 Å². The number of esters is 2. The van der Waals surface area contributed by atoms with E-state index in [1.165, 1.54) is 19.1 Å². The van der Waals surface area contributed by atoms with E-state index in [-0.39, 0.29) is 25.4 Å². The minimum atomic E-state index is -1.39. The zero-order valence-electron chi connectivity index (χ0n) is 12.0. The first-order valence-electron chi connectivity index (χ1n) is 6.56. The molecule has 1 aromatic rings.